The molecule has 3 heteroatoms. The van der Waals surface area contributed by atoms with Crippen LogP contribution in [0.1, 0.15) is 0 Å². The Balaban J connectivity index is 1.22. The first-order valence-electron chi connectivity index (χ1n) is 15.9. The molecule has 220 valence electrons. The van der Waals surface area contributed by atoms with Gasteiger partial charge < -0.3 is 13.7 Å². The number of benzene rings is 8. The summed E-state index contributed by atoms with van der Waals surface area (Å²) in [5, 5.41) is 9.18. The Morgan fingerprint density at radius 3 is 1.45 bits per heavy atom. The summed E-state index contributed by atoms with van der Waals surface area (Å²) < 4.78 is 12.7. The molecule has 2 aromatic heterocycles. The van der Waals surface area contributed by atoms with Crippen LogP contribution in [0.15, 0.2) is 173 Å². The molecule has 3 nitrogen and oxygen atoms in total. The summed E-state index contributed by atoms with van der Waals surface area (Å²) in [6.45, 7) is 0. The van der Waals surface area contributed by atoms with E-state index in [-0.39, 0.29) is 0 Å². The highest BCUT2D eigenvalue weighted by atomic mass is 16.3. The van der Waals surface area contributed by atoms with E-state index in [1.807, 2.05) is 24.3 Å². The van der Waals surface area contributed by atoms with Crippen LogP contribution < -0.4 is 4.90 Å². The molecule has 0 aliphatic rings. The molecule has 2 heterocycles. The summed E-state index contributed by atoms with van der Waals surface area (Å²) in [5.74, 6) is 0. The zero-order chi connectivity index (χ0) is 30.9. The predicted octanol–water partition coefficient (Wildman–Crippen LogP) is 12.9. The molecule has 0 fully saturated rings. The molecular weight excluding hydrogens is 574 g/mol. The Labute approximate surface area is 270 Å². The summed E-state index contributed by atoms with van der Waals surface area (Å²) in [7, 11) is 0. The van der Waals surface area contributed by atoms with Gasteiger partial charge in [-0.25, -0.2) is 0 Å². The molecule has 0 bridgehead atoms. The van der Waals surface area contributed by atoms with Crippen LogP contribution in [0.25, 0.3) is 76.5 Å². The maximum atomic E-state index is 6.40. The number of anilines is 3. The van der Waals surface area contributed by atoms with Crippen LogP contribution in [0, 0.1) is 0 Å². The summed E-state index contributed by atoms with van der Waals surface area (Å²) >= 11 is 0. The number of nitrogens with zero attached hydrogens (tertiary/aromatic N) is 1. The minimum atomic E-state index is 0.894. The molecule has 0 amide bonds. The van der Waals surface area contributed by atoms with Gasteiger partial charge in [-0.15, -0.1) is 0 Å². The molecule has 0 N–H and O–H groups in total. The SMILES string of the molecule is c1ccc(N(c2ccccc2)c2ccc(-c3cc4cc5oc6ccccc6c5cc4c4cc5oc6ccccc6c5cc34)cc2)cc1. The zero-order valence-corrected chi connectivity index (χ0v) is 25.4. The van der Waals surface area contributed by atoms with Gasteiger partial charge in [-0.2, -0.15) is 0 Å². The second kappa shape index (κ2) is 10.1. The van der Waals surface area contributed by atoms with Crippen LogP contribution >= 0.6 is 0 Å². The lowest BCUT2D eigenvalue weighted by Gasteiger charge is -2.25. The van der Waals surface area contributed by atoms with Crippen molar-refractivity contribution < 1.29 is 8.83 Å². The van der Waals surface area contributed by atoms with Crippen molar-refractivity contribution in [3.63, 3.8) is 0 Å². The van der Waals surface area contributed by atoms with E-state index in [9.17, 15) is 0 Å². The Morgan fingerprint density at radius 1 is 0.319 bits per heavy atom. The van der Waals surface area contributed by atoms with Crippen LogP contribution in [-0.4, -0.2) is 0 Å². The molecular formula is C44H27NO2. The van der Waals surface area contributed by atoms with Gasteiger partial charge >= 0.3 is 0 Å². The largest absolute Gasteiger partial charge is 0.456 e. The second-order valence-electron chi connectivity index (χ2n) is 12.1. The molecule has 0 atom stereocenters. The van der Waals surface area contributed by atoms with Gasteiger partial charge in [-0.05, 0) is 112 Å². The van der Waals surface area contributed by atoms with Gasteiger partial charge in [0.25, 0.3) is 0 Å². The van der Waals surface area contributed by atoms with Gasteiger partial charge in [-0.3, -0.25) is 0 Å². The lowest BCUT2D eigenvalue weighted by atomic mass is 9.91. The number of hydrogen-bond acceptors (Lipinski definition) is 3. The molecule has 0 saturated heterocycles. The van der Waals surface area contributed by atoms with Crippen molar-refractivity contribution in [2.45, 2.75) is 0 Å². The average molecular weight is 602 g/mol. The monoisotopic (exact) mass is 601 g/mol. The van der Waals surface area contributed by atoms with E-state index in [1.54, 1.807) is 0 Å². The first kappa shape index (κ1) is 26.0. The Hall–Kier alpha value is -6.32. The third-order valence-electron chi connectivity index (χ3n) is 9.41. The van der Waals surface area contributed by atoms with Crippen LogP contribution in [-0.2, 0) is 0 Å². The number of rotatable bonds is 4. The molecule has 47 heavy (non-hydrogen) atoms. The molecule has 0 saturated carbocycles. The molecule has 8 aromatic carbocycles. The standard InChI is InChI=1S/C44H27NO2/c1-3-11-30(12-4-1)45(31-13-5-2-6-14-31)32-21-19-28(20-22-32)35-23-29-24-43-39(33-15-7-9-17-41(33)46-43)25-36(29)38-27-44-40(26-37(35)38)34-16-8-10-18-42(34)47-44/h1-27H. The van der Waals surface area contributed by atoms with E-state index in [0.29, 0.717) is 0 Å². The number of furan rings is 2. The van der Waals surface area contributed by atoms with E-state index in [4.69, 9.17) is 8.83 Å². The van der Waals surface area contributed by atoms with Gasteiger partial charge in [0.15, 0.2) is 0 Å². The molecule has 0 aliphatic carbocycles. The maximum Gasteiger partial charge on any atom is 0.136 e. The normalized spacial score (nSPS) is 11.8. The van der Waals surface area contributed by atoms with Crippen LogP contribution in [0.3, 0.4) is 0 Å². The predicted molar refractivity (Wildman–Crippen MR) is 196 cm³/mol. The topological polar surface area (TPSA) is 29.5 Å². The fourth-order valence-electron chi connectivity index (χ4n) is 7.22. The number of hydrogen-bond donors (Lipinski definition) is 0. The first-order valence-corrected chi connectivity index (χ1v) is 15.9. The van der Waals surface area contributed by atoms with Gasteiger partial charge in [0.05, 0.1) is 0 Å². The van der Waals surface area contributed by atoms with E-state index in [0.717, 1.165) is 77.3 Å². The minimum Gasteiger partial charge on any atom is -0.456 e. The Kier molecular flexibility index (Phi) is 5.57. The smallest absolute Gasteiger partial charge is 0.136 e. The van der Waals surface area contributed by atoms with Gasteiger partial charge in [0.1, 0.15) is 22.3 Å². The second-order valence-corrected chi connectivity index (χ2v) is 12.1. The highest BCUT2D eigenvalue weighted by molar-refractivity contribution is 6.23. The van der Waals surface area contributed by atoms with E-state index in [2.05, 4.69) is 144 Å². The summed E-state index contributed by atoms with van der Waals surface area (Å²) in [6, 6.07) is 57.9. The molecule has 10 rings (SSSR count). The van der Waals surface area contributed by atoms with Crippen molar-refractivity contribution in [1.82, 2.24) is 0 Å². The summed E-state index contributed by atoms with van der Waals surface area (Å²) in [6.07, 6.45) is 0. The van der Waals surface area contributed by atoms with E-state index >= 15 is 0 Å². The number of fused-ring (bicyclic) bond motifs is 9. The highest BCUT2D eigenvalue weighted by Crippen LogP contribution is 2.43. The van der Waals surface area contributed by atoms with Gasteiger partial charge in [0.2, 0.25) is 0 Å². The van der Waals surface area contributed by atoms with E-state index < -0.39 is 0 Å². The Morgan fingerprint density at radius 2 is 0.830 bits per heavy atom. The molecule has 0 aliphatic heterocycles. The lowest BCUT2D eigenvalue weighted by Crippen LogP contribution is -2.09. The first-order chi connectivity index (χ1) is 23.3. The molecule has 0 spiro atoms. The van der Waals surface area contributed by atoms with Crippen LogP contribution in [0.5, 0.6) is 0 Å². The quantitative estimate of drug-likeness (QED) is 0.188. The van der Waals surface area contributed by atoms with Crippen molar-refractivity contribution in [3.8, 4) is 11.1 Å². The Bertz CT molecular complexity index is 2740. The lowest BCUT2D eigenvalue weighted by molar-refractivity contribution is 0.669. The summed E-state index contributed by atoms with van der Waals surface area (Å²) in [5.41, 5.74) is 9.25. The fraction of sp³-hybridized carbons (Fsp3) is 0. The van der Waals surface area contributed by atoms with Gasteiger partial charge in [-0.1, -0.05) is 84.9 Å². The highest BCUT2D eigenvalue weighted by Gasteiger charge is 2.17. The third kappa shape index (κ3) is 4.07. The zero-order valence-electron chi connectivity index (χ0n) is 25.4. The van der Waals surface area contributed by atoms with Crippen molar-refractivity contribution in [3.05, 3.63) is 164 Å². The average Bonchev–Trinajstić information content (AvgIpc) is 3.68. The minimum absolute atomic E-state index is 0.894. The van der Waals surface area contributed by atoms with Crippen LogP contribution in [0.4, 0.5) is 17.1 Å². The fourth-order valence-corrected chi connectivity index (χ4v) is 7.22. The van der Waals surface area contributed by atoms with Crippen molar-refractivity contribution >= 4 is 82.5 Å². The maximum absolute atomic E-state index is 6.40. The number of para-hydroxylation sites is 4. The van der Waals surface area contributed by atoms with Crippen molar-refractivity contribution in [2.75, 3.05) is 4.90 Å². The molecule has 0 radical (unpaired) electrons. The third-order valence-corrected chi connectivity index (χ3v) is 9.41. The van der Waals surface area contributed by atoms with Gasteiger partial charge in [0, 0.05) is 38.6 Å². The molecule has 10 aromatic rings. The molecule has 0 unspecified atom stereocenters. The summed E-state index contributed by atoms with van der Waals surface area (Å²) in [4.78, 5) is 2.29. The van der Waals surface area contributed by atoms with Crippen LogP contribution in [0.2, 0.25) is 0 Å². The van der Waals surface area contributed by atoms with Crippen molar-refractivity contribution in [1.29, 1.82) is 0 Å². The van der Waals surface area contributed by atoms with Crippen molar-refractivity contribution in [2.24, 2.45) is 0 Å². The van der Waals surface area contributed by atoms with E-state index in [1.165, 1.54) is 16.3 Å².